The van der Waals surface area contributed by atoms with Gasteiger partial charge < -0.3 is 23.6 Å². The molecule has 0 spiro atoms. The van der Waals surface area contributed by atoms with Crippen molar-refractivity contribution in [1.29, 1.82) is 0 Å². The van der Waals surface area contributed by atoms with E-state index < -0.39 is 0 Å². The fourth-order valence-electron chi connectivity index (χ4n) is 3.66. The van der Waals surface area contributed by atoms with Crippen LogP contribution in [-0.4, -0.2) is 42.9 Å². The number of fused-ring (bicyclic) bond motifs is 1. The summed E-state index contributed by atoms with van der Waals surface area (Å²) >= 11 is 0. The number of amides is 1. The predicted molar refractivity (Wildman–Crippen MR) is 103 cm³/mol. The van der Waals surface area contributed by atoms with Crippen LogP contribution in [0.5, 0.6) is 17.2 Å². The summed E-state index contributed by atoms with van der Waals surface area (Å²) in [4.78, 5) is 18.9. The summed E-state index contributed by atoms with van der Waals surface area (Å²) in [5, 5.41) is 4.09. The maximum atomic E-state index is 12.6. The molecule has 0 bridgehead atoms. The van der Waals surface area contributed by atoms with Gasteiger partial charge in [-0.05, 0) is 24.3 Å². The van der Waals surface area contributed by atoms with Gasteiger partial charge in [0.1, 0.15) is 19.0 Å². The van der Waals surface area contributed by atoms with Crippen LogP contribution in [0.2, 0.25) is 0 Å². The van der Waals surface area contributed by atoms with Crippen LogP contribution in [0.25, 0.3) is 11.4 Å². The average Bonchev–Trinajstić information content (AvgIpc) is 3.40. The van der Waals surface area contributed by atoms with Crippen molar-refractivity contribution in [3.8, 4) is 28.6 Å². The van der Waals surface area contributed by atoms with Crippen LogP contribution in [0, 0.1) is 0 Å². The smallest absolute Gasteiger partial charge is 0.232 e. The number of anilines is 1. The molecule has 8 nitrogen and oxygen atoms in total. The third kappa shape index (κ3) is 3.16. The second-order valence-electron chi connectivity index (χ2n) is 6.89. The monoisotopic (exact) mass is 393 g/mol. The van der Waals surface area contributed by atoms with Crippen molar-refractivity contribution in [2.45, 2.75) is 12.3 Å². The van der Waals surface area contributed by atoms with Gasteiger partial charge in [0.15, 0.2) is 11.5 Å². The summed E-state index contributed by atoms with van der Waals surface area (Å²) in [6, 6.07) is 13.0. The predicted octanol–water partition coefficient (Wildman–Crippen LogP) is 3.04. The Kier molecular flexibility index (Phi) is 4.31. The lowest BCUT2D eigenvalue weighted by molar-refractivity contribution is -0.117. The summed E-state index contributed by atoms with van der Waals surface area (Å²) in [5.41, 5.74) is 1.52. The van der Waals surface area contributed by atoms with E-state index in [1.165, 1.54) is 0 Å². The fraction of sp³-hybridized carbons (Fsp3) is 0.286. The lowest BCUT2D eigenvalue weighted by Gasteiger charge is -2.22. The summed E-state index contributed by atoms with van der Waals surface area (Å²) < 4.78 is 22.0. The highest BCUT2D eigenvalue weighted by Gasteiger charge is 2.35. The highest BCUT2D eigenvalue weighted by molar-refractivity contribution is 5.96. The van der Waals surface area contributed by atoms with E-state index in [1.54, 1.807) is 12.0 Å². The molecule has 1 fully saturated rings. The zero-order valence-corrected chi connectivity index (χ0v) is 15.8. The molecule has 3 aromatic rings. The molecule has 29 heavy (non-hydrogen) atoms. The van der Waals surface area contributed by atoms with E-state index in [0.29, 0.717) is 55.1 Å². The number of rotatable bonds is 4. The molecule has 0 saturated carbocycles. The van der Waals surface area contributed by atoms with Gasteiger partial charge in [0, 0.05) is 24.7 Å². The quantitative estimate of drug-likeness (QED) is 0.673. The van der Waals surface area contributed by atoms with Gasteiger partial charge in [-0.2, -0.15) is 4.98 Å². The zero-order valence-electron chi connectivity index (χ0n) is 15.8. The number of para-hydroxylation sites is 1. The Labute approximate surface area is 167 Å². The van der Waals surface area contributed by atoms with Crippen LogP contribution in [0.4, 0.5) is 5.69 Å². The van der Waals surface area contributed by atoms with Gasteiger partial charge in [-0.3, -0.25) is 4.79 Å². The number of ether oxygens (including phenoxy) is 3. The number of carbonyl (C=O) groups excluding carboxylic acids is 1. The van der Waals surface area contributed by atoms with Crippen LogP contribution in [-0.2, 0) is 4.79 Å². The van der Waals surface area contributed by atoms with Gasteiger partial charge >= 0.3 is 0 Å². The molecule has 0 radical (unpaired) electrons. The fourth-order valence-corrected chi connectivity index (χ4v) is 3.66. The molecular weight excluding hydrogens is 374 g/mol. The van der Waals surface area contributed by atoms with Crippen molar-refractivity contribution >= 4 is 11.6 Å². The molecule has 1 atom stereocenters. The van der Waals surface area contributed by atoms with E-state index in [1.807, 2.05) is 42.5 Å². The molecule has 5 rings (SSSR count). The third-order valence-corrected chi connectivity index (χ3v) is 5.10. The van der Waals surface area contributed by atoms with Crippen molar-refractivity contribution in [2.75, 3.05) is 31.8 Å². The van der Waals surface area contributed by atoms with Crippen molar-refractivity contribution in [2.24, 2.45) is 0 Å². The van der Waals surface area contributed by atoms with E-state index >= 15 is 0 Å². The number of benzene rings is 2. The van der Waals surface area contributed by atoms with Gasteiger partial charge in [-0.25, -0.2) is 0 Å². The molecule has 2 aliphatic heterocycles. The normalized spacial score (nSPS) is 18.2. The SMILES string of the molecule is COc1ccccc1-c1noc(C2CC(=O)N(c3ccc4c(c3)OCCO4)C2)n1. The number of hydrogen-bond donors (Lipinski definition) is 0. The summed E-state index contributed by atoms with van der Waals surface area (Å²) in [6.07, 6.45) is 0.308. The molecule has 8 heteroatoms. The minimum atomic E-state index is -0.174. The molecule has 1 saturated heterocycles. The van der Waals surface area contributed by atoms with Crippen LogP contribution in [0.15, 0.2) is 47.0 Å². The average molecular weight is 393 g/mol. The van der Waals surface area contributed by atoms with Crippen LogP contribution >= 0.6 is 0 Å². The Balaban J connectivity index is 1.38. The second kappa shape index (κ2) is 7.12. The number of nitrogens with zero attached hydrogens (tertiary/aromatic N) is 3. The first-order valence-electron chi connectivity index (χ1n) is 9.40. The molecule has 2 aliphatic rings. The molecule has 0 aliphatic carbocycles. The van der Waals surface area contributed by atoms with Crippen molar-refractivity contribution in [3.63, 3.8) is 0 Å². The number of methoxy groups -OCH3 is 1. The summed E-state index contributed by atoms with van der Waals surface area (Å²) in [7, 11) is 1.60. The van der Waals surface area contributed by atoms with Gasteiger partial charge in [0.25, 0.3) is 0 Å². The van der Waals surface area contributed by atoms with E-state index in [9.17, 15) is 4.79 Å². The van der Waals surface area contributed by atoms with Crippen molar-refractivity contribution < 1.29 is 23.5 Å². The topological polar surface area (TPSA) is 86.9 Å². The van der Waals surface area contributed by atoms with Crippen LogP contribution in [0.3, 0.4) is 0 Å². The second-order valence-corrected chi connectivity index (χ2v) is 6.89. The maximum absolute atomic E-state index is 12.6. The number of carbonyl (C=O) groups is 1. The summed E-state index contributed by atoms with van der Waals surface area (Å²) in [5.74, 6) is 2.74. The molecule has 3 heterocycles. The lowest BCUT2D eigenvalue weighted by atomic mass is 10.1. The largest absolute Gasteiger partial charge is 0.496 e. The Hall–Kier alpha value is -3.55. The van der Waals surface area contributed by atoms with Crippen molar-refractivity contribution in [1.82, 2.24) is 10.1 Å². The van der Waals surface area contributed by atoms with Gasteiger partial charge in [-0.1, -0.05) is 17.3 Å². The summed E-state index contributed by atoms with van der Waals surface area (Å²) in [6.45, 7) is 1.50. The first kappa shape index (κ1) is 17.5. The van der Waals surface area contributed by atoms with Gasteiger partial charge in [-0.15, -0.1) is 0 Å². The zero-order chi connectivity index (χ0) is 19.8. The van der Waals surface area contributed by atoms with Crippen molar-refractivity contribution in [3.05, 3.63) is 48.4 Å². The molecule has 1 amide bonds. The first-order chi connectivity index (χ1) is 14.2. The van der Waals surface area contributed by atoms with E-state index in [0.717, 1.165) is 11.3 Å². The highest BCUT2D eigenvalue weighted by atomic mass is 16.6. The minimum absolute atomic E-state index is 0.00344. The minimum Gasteiger partial charge on any atom is -0.496 e. The van der Waals surface area contributed by atoms with E-state index in [4.69, 9.17) is 18.7 Å². The molecular formula is C21H19N3O5. The number of hydrogen-bond acceptors (Lipinski definition) is 7. The van der Waals surface area contributed by atoms with Gasteiger partial charge in [0.05, 0.1) is 18.6 Å². The van der Waals surface area contributed by atoms with E-state index in [2.05, 4.69) is 10.1 Å². The number of aromatic nitrogens is 2. The third-order valence-electron chi connectivity index (χ3n) is 5.10. The Morgan fingerprint density at radius 1 is 1.10 bits per heavy atom. The van der Waals surface area contributed by atoms with E-state index in [-0.39, 0.29) is 11.8 Å². The standard InChI is InChI=1S/C21H19N3O5/c1-26-16-5-3-2-4-15(16)20-22-21(29-23-20)13-10-19(25)24(12-13)14-6-7-17-18(11-14)28-9-8-27-17/h2-7,11,13H,8-10,12H2,1H3. The Morgan fingerprint density at radius 3 is 2.79 bits per heavy atom. The molecule has 2 aromatic carbocycles. The Morgan fingerprint density at radius 2 is 1.93 bits per heavy atom. The lowest BCUT2D eigenvalue weighted by Crippen LogP contribution is -2.24. The molecule has 0 N–H and O–H groups in total. The van der Waals surface area contributed by atoms with Crippen LogP contribution < -0.4 is 19.1 Å². The molecule has 148 valence electrons. The highest BCUT2D eigenvalue weighted by Crippen LogP contribution is 2.38. The molecule has 1 aromatic heterocycles. The molecule has 1 unspecified atom stereocenters. The van der Waals surface area contributed by atoms with Gasteiger partial charge in [0.2, 0.25) is 17.6 Å². The van der Waals surface area contributed by atoms with Crippen LogP contribution in [0.1, 0.15) is 18.2 Å². The maximum Gasteiger partial charge on any atom is 0.232 e. The first-order valence-corrected chi connectivity index (χ1v) is 9.40. The Bertz CT molecular complexity index is 1060.